The molecule has 6 aromatic heterocycles. The van der Waals surface area contributed by atoms with Crippen molar-refractivity contribution in [3.8, 4) is 47.4 Å². The number of phosphoric acid groups is 3. The number of aromatic nitrogens is 10. The van der Waals surface area contributed by atoms with Crippen molar-refractivity contribution in [3.05, 3.63) is 95.0 Å². The lowest BCUT2D eigenvalue weighted by Crippen LogP contribution is -2.33. The minimum atomic E-state index is -5.56. The lowest BCUT2D eigenvalue weighted by atomic mass is 10.2. The standard InChI is InChI=1S/C52H63N17O24P4/c53-9-1-5-26-17-66(46-42(26)45(58)60-25-61-46)38-13-30(90-94(75)76)35(87-38)22-83-96(79,80)92-32-15-39(67-18-27(6-2-10-54)43-47(67)63-50(59)64-49(43)72)88-36(32)23-85-97(81,82)93-33-16-41(68-19-28(7-3-11-55)44(57)62-51(68)73)89-37(33)24-84-95(77,78)91-31-14-40(86-34(31)21-70)69-20-29(8-4-12-56)48(71)65-52(69)74/h17-20,25,30-41,70,94H,9-16,21-24,53-56H2,(H,75,76)(H,77,78)(H,79,80)(H,81,82)(H2,57,62,73)(H2,58,60,61)(H,65,71,74)(H3,59,63,64,72)/t30?,31?,32?,33?,34-,35-,36-,37-,38-,39-,40-,41-/m1/s1. The number of ether oxygens (including phenoxy) is 4. The normalized spacial score (nSPS) is 26.0. The summed E-state index contributed by atoms with van der Waals surface area (Å²) < 4.78 is 122. The zero-order valence-corrected chi connectivity index (χ0v) is 53.9. The first-order valence-corrected chi connectivity index (χ1v) is 34.6. The monoisotopic (exact) mass is 1430 g/mol. The number of nitrogens with two attached hydrogens (primary N) is 7. The van der Waals surface area contributed by atoms with Crippen molar-refractivity contribution in [1.82, 2.24) is 48.2 Å². The van der Waals surface area contributed by atoms with Crippen molar-refractivity contribution < 1.29 is 93.6 Å². The second kappa shape index (κ2) is 30.6. The number of aromatic amines is 2. The first-order valence-electron chi connectivity index (χ1n) is 28.8. The van der Waals surface area contributed by atoms with Gasteiger partial charge in [0, 0.05) is 50.5 Å². The fourth-order valence-electron chi connectivity index (χ4n) is 10.9. The lowest BCUT2D eigenvalue weighted by Gasteiger charge is -2.25. The first-order chi connectivity index (χ1) is 46.2. The van der Waals surface area contributed by atoms with Gasteiger partial charge in [-0.05, 0) is 0 Å². The summed E-state index contributed by atoms with van der Waals surface area (Å²) in [5.74, 6) is 20.6. The molecule has 10 rings (SSSR count). The number of fused-ring (bicyclic) bond motifs is 2. The second-order valence-electron chi connectivity index (χ2n) is 21.3. The highest BCUT2D eigenvalue weighted by Gasteiger charge is 2.49. The third kappa shape index (κ3) is 16.9. The van der Waals surface area contributed by atoms with Gasteiger partial charge in [-0.3, -0.25) is 60.4 Å². The molecule has 4 aliphatic rings. The molecule has 8 unspecified atom stereocenters. The van der Waals surface area contributed by atoms with Crippen LogP contribution >= 0.6 is 31.7 Å². The number of aliphatic hydroxyl groups is 1. The van der Waals surface area contributed by atoms with Crippen LogP contribution in [0.4, 0.5) is 17.6 Å². The average molecular weight is 1430 g/mol. The highest BCUT2D eigenvalue weighted by Crippen LogP contribution is 2.54. The Balaban J connectivity index is 0.894. The summed E-state index contributed by atoms with van der Waals surface area (Å²) in [7, 11) is -20.0. The van der Waals surface area contributed by atoms with Crippen molar-refractivity contribution in [3.63, 3.8) is 0 Å². The largest absolute Gasteiger partial charge is 0.472 e. The number of phosphoric ester groups is 3. The SMILES string of the molecule is NCC#Cc1cn([C@H]2CC(OP(=O)(O)OC[C@H]3O[C@@H](n4cc(C#CCN)c5c(=O)[nH]c(N)nc54)CC3OP(=O)(O)OC[C@H]3O[C@@H](n4cc(C#CCN)c5c(N)ncnc54)CC3O[PH](=O)O)[C@@H](COP(=O)(O)OC3C[C@H](n4cc(C#CCN)c(=O)[nH]c4=O)O[C@@H]3CO)O2)c(=O)nc1N. The van der Waals surface area contributed by atoms with E-state index in [-0.39, 0.29) is 83.6 Å². The average Bonchev–Trinajstić information content (AvgIpc) is 1.66. The minimum Gasteiger partial charge on any atom is -0.394 e. The molecule has 0 radical (unpaired) electrons. The van der Waals surface area contributed by atoms with E-state index in [1.54, 1.807) is 0 Å². The van der Waals surface area contributed by atoms with Crippen LogP contribution in [0.2, 0.25) is 0 Å². The van der Waals surface area contributed by atoms with Crippen molar-refractivity contribution in [2.75, 3.05) is 69.8 Å². The predicted molar refractivity (Wildman–Crippen MR) is 334 cm³/mol. The molecular formula is C52H63N17O24P4. The van der Waals surface area contributed by atoms with E-state index in [1.807, 2.05) is 0 Å². The van der Waals surface area contributed by atoms with Crippen molar-refractivity contribution in [2.24, 2.45) is 22.9 Å². The molecule has 16 atom stereocenters. The van der Waals surface area contributed by atoms with Crippen LogP contribution in [0.15, 0.2) is 50.3 Å². The van der Waals surface area contributed by atoms with Crippen LogP contribution < -0.4 is 62.6 Å². The molecule has 0 amide bonds. The summed E-state index contributed by atoms with van der Waals surface area (Å²) in [5.41, 5.74) is 37.1. The van der Waals surface area contributed by atoms with Crippen LogP contribution in [0.25, 0.3) is 22.1 Å². The first kappa shape index (κ1) is 72.1. The second-order valence-corrected chi connectivity index (χ2v) is 26.2. The molecule has 4 fully saturated rings. The molecule has 0 aromatic carbocycles. The predicted octanol–water partition coefficient (Wildman–Crippen LogP) is -3.62. The molecular weight excluding hydrogens is 1370 g/mol. The molecule has 520 valence electrons. The Morgan fingerprint density at radius 1 is 0.546 bits per heavy atom. The summed E-state index contributed by atoms with van der Waals surface area (Å²) in [6, 6.07) is 0. The Morgan fingerprint density at radius 3 is 1.51 bits per heavy atom. The molecule has 10 heterocycles. The van der Waals surface area contributed by atoms with Crippen LogP contribution in [0.3, 0.4) is 0 Å². The zero-order valence-electron chi connectivity index (χ0n) is 50.3. The van der Waals surface area contributed by atoms with Crippen LogP contribution in [-0.4, -0.2) is 174 Å². The van der Waals surface area contributed by atoms with Gasteiger partial charge in [-0.15, -0.1) is 0 Å². The number of nitrogens with zero attached hydrogens (tertiary/aromatic N) is 8. The number of anilines is 3. The molecule has 0 saturated carbocycles. The number of nitrogens with one attached hydrogen (secondary N) is 2. The van der Waals surface area contributed by atoms with E-state index in [0.717, 1.165) is 21.5 Å². The summed E-state index contributed by atoms with van der Waals surface area (Å²) in [4.78, 5) is 117. The van der Waals surface area contributed by atoms with E-state index in [1.165, 1.54) is 27.9 Å². The highest BCUT2D eigenvalue weighted by atomic mass is 31.2. The number of H-pyrrole nitrogens is 2. The molecule has 41 nitrogen and oxygen atoms in total. The summed E-state index contributed by atoms with van der Waals surface area (Å²) in [6.45, 7) is -4.19. The van der Waals surface area contributed by atoms with Crippen molar-refractivity contribution in [1.29, 1.82) is 0 Å². The molecule has 0 bridgehead atoms. The molecule has 21 N–H and O–H groups in total. The fourth-order valence-corrected chi connectivity index (χ4v) is 14.2. The van der Waals surface area contributed by atoms with Crippen molar-refractivity contribution in [2.45, 2.75) is 99.4 Å². The molecule has 0 spiro atoms. The maximum Gasteiger partial charge on any atom is 0.472 e. The van der Waals surface area contributed by atoms with E-state index in [0.29, 0.717) is 10.9 Å². The van der Waals surface area contributed by atoms with Gasteiger partial charge in [0.2, 0.25) is 5.95 Å². The Morgan fingerprint density at radius 2 is 0.979 bits per heavy atom. The van der Waals surface area contributed by atoms with Crippen LogP contribution in [0.5, 0.6) is 0 Å². The quantitative estimate of drug-likeness (QED) is 0.0230. The maximum atomic E-state index is 14.3. The van der Waals surface area contributed by atoms with E-state index < -0.39 is 174 Å². The topological polar surface area (TPSA) is 624 Å². The van der Waals surface area contributed by atoms with Crippen LogP contribution in [0.1, 0.15) is 72.8 Å². The molecule has 4 saturated heterocycles. The number of nitrogen functional groups attached to an aromatic ring is 3. The highest BCUT2D eigenvalue weighted by molar-refractivity contribution is 7.48. The van der Waals surface area contributed by atoms with Gasteiger partial charge in [-0.2, -0.15) is 9.97 Å². The molecule has 6 aromatic rings. The molecule has 4 aliphatic heterocycles. The zero-order chi connectivity index (χ0) is 69.7. The van der Waals surface area contributed by atoms with Crippen LogP contribution in [-0.2, 0) is 68.9 Å². The van der Waals surface area contributed by atoms with Gasteiger partial charge in [-0.1, -0.05) is 47.4 Å². The molecule has 0 aliphatic carbocycles. The van der Waals surface area contributed by atoms with E-state index in [9.17, 15) is 62.1 Å². The molecule has 45 heteroatoms. The Kier molecular flexibility index (Phi) is 22.8. The van der Waals surface area contributed by atoms with Gasteiger partial charge in [-0.25, -0.2) is 33.3 Å². The Hall–Kier alpha value is -7.64. The number of aliphatic hydroxyl groups excluding tert-OH is 1. The summed E-state index contributed by atoms with van der Waals surface area (Å²) >= 11 is 0. The van der Waals surface area contributed by atoms with Gasteiger partial charge >= 0.3 is 43.1 Å². The fraction of sp³-hybridized carbons (Fsp3) is 0.462. The van der Waals surface area contributed by atoms with Gasteiger partial charge in [0.05, 0.1) is 86.2 Å². The van der Waals surface area contributed by atoms with Gasteiger partial charge in [0.1, 0.15) is 96.8 Å². The summed E-state index contributed by atoms with van der Waals surface area (Å²) in [6.07, 6.45) is -12.9. The number of hydrogen-bond acceptors (Lipinski definition) is 31. The number of rotatable bonds is 22. The molecule has 97 heavy (non-hydrogen) atoms. The van der Waals surface area contributed by atoms with Gasteiger partial charge in [0.25, 0.3) is 11.1 Å². The Labute approximate surface area is 545 Å². The summed E-state index contributed by atoms with van der Waals surface area (Å²) in [5, 5.41) is 10.5. The number of hydrogen-bond donors (Lipinski definition) is 14. The van der Waals surface area contributed by atoms with Gasteiger partial charge in [0.15, 0.2) is 5.65 Å². The van der Waals surface area contributed by atoms with Crippen LogP contribution in [0, 0.1) is 47.4 Å². The smallest absolute Gasteiger partial charge is 0.394 e. The van der Waals surface area contributed by atoms with Crippen molar-refractivity contribution >= 4 is 71.4 Å². The van der Waals surface area contributed by atoms with E-state index >= 15 is 0 Å². The third-order valence-electron chi connectivity index (χ3n) is 15.0. The van der Waals surface area contributed by atoms with Gasteiger partial charge < -0.3 is 97.4 Å². The van der Waals surface area contributed by atoms with E-state index in [2.05, 4.69) is 77.3 Å². The maximum absolute atomic E-state index is 14.3. The third-order valence-corrected chi connectivity index (χ3v) is 18.5. The Bertz CT molecular complexity index is 4670. The van der Waals surface area contributed by atoms with E-state index in [4.69, 9.17) is 90.7 Å². The minimum absolute atomic E-state index is 0.00967. The lowest BCUT2D eigenvalue weighted by molar-refractivity contribution is -0.0626.